The van der Waals surface area contributed by atoms with E-state index in [2.05, 4.69) is 31.2 Å². The number of hydrogen-bond acceptors (Lipinski definition) is 4. The van der Waals surface area contributed by atoms with Gasteiger partial charge in [-0.2, -0.15) is 4.39 Å². The minimum Gasteiger partial charge on any atom is -0.396 e. The van der Waals surface area contributed by atoms with Crippen molar-refractivity contribution in [3.8, 4) is 0 Å². The summed E-state index contributed by atoms with van der Waals surface area (Å²) in [4.78, 5) is 3.70. The molecular weight excluding hydrogens is 315 g/mol. The van der Waals surface area contributed by atoms with Crippen molar-refractivity contribution in [3.05, 3.63) is 40.1 Å². The van der Waals surface area contributed by atoms with Gasteiger partial charge in [0.15, 0.2) is 0 Å². The Bertz CT molecular complexity index is 603. The Morgan fingerprint density at radius 3 is 3.00 bits per heavy atom. The Hall–Kier alpha value is -1.34. The van der Waals surface area contributed by atoms with Gasteiger partial charge in [-0.1, -0.05) is 5.21 Å². The van der Waals surface area contributed by atoms with Crippen molar-refractivity contribution in [2.75, 3.05) is 6.61 Å². The molecule has 0 aliphatic heterocycles. The molecule has 0 spiro atoms. The molecule has 1 fully saturated rings. The van der Waals surface area contributed by atoms with Gasteiger partial charge in [0.05, 0.1) is 12.2 Å². The molecule has 3 rings (SSSR count). The van der Waals surface area contributed by atoms with Crippen LogP contribution in [0, 0.1) is 11.9 Å². The summed E-state index contributed by atoms with van der Waals surface area (Å²) in [5.41, 5.74) is 1.75. The van der Waals surface area contributed by atoms with Crippen LogP contribution in [0.1, 0.15) is 23.6 Å². The van der Waals surface area contributed by atoms with E-state index in [1.165, 1.54) is 6.07 Å². The van der Waals surface area contributed by atoms with Crippen LogP contribution >= 0.6 is 15.9 Å². The van der Waals surface area contributed by atoms with Gasteiger partial charge in [-0.05, 0) is 40.4 Å². The third-order valence-corrected chi connectivity index (χ3v) is 4.00. The average Bonchev–Trinajstić information content (AvgIpc) is 3.04. The van der Waals surface area contributed by atoms with Crippen molar-refractivity contribution in [1.29, 1.82) is 0 Å². The smallest absolute Gasteiger partial charge is 0.213 e. The third-order valence-electron chi connectivity index (χ3n) is 3.32. The van der Waals surface area contributed by atoms with Gasteiger partial charge in [-0.3, -0.25) is 0 Å². The Morgan fingerprint density at radius 1 is 1.47 bits per heavy atom. The highest BCUT2D eigenvalue weighted by Gasteiger charge is 2.39. The van der Waals surface area contributed by atoms with Crippen molar-refractivity contribution >= 4 is 15.9 Å². The Balaban J connectivity index is 1.73. The molecule has 100 valence electrons. The van der Waals surface area contributed by atoms with E-state index in [1.807, 2.05) is 6.20 Å². The molecular formula is C12H12BrFN4O. The Labute approximate surface area is 117 Å². The minimum absolute atomic E-state index is 0.199. The molecule has 2 aromatic rings. The summed E-state index contributed by atoms with van der Waals surface area (Å²) >= 11 is 3.23. The molecule has 5 nitrogen and oxygen atoms in total. The molecule has 1 saturated carbocycles. The number of nitrogens with zero attached hydrogens (tertiary/aromatic N) is 4. The lowest BCUT2D eigenvalue weighted by Gasteiger charge is -2.02. The van der Waals surface area contributed by atoms with Gasteiger partial charge < -0.3 is 5.11 Å². The lowest BCUT2D eigenvalue weighted by Crippen LogP contribution is -2.02. The molecule has 2 heterocycles. The first-order valence-corrected chi connectivity index (χ1v) is 6.78. The van der Waals surface area contributed by atoms with Gasteiger partial charge in [0.1, 0.15) is 4.60 Å². The lowest BCUT2D eigenvalue weighted by atomic mass is 10.2. The first-order chi connectivity index (χ1) is 9.17. The maximum Gasteiger partial charge on any atom is 0.213 e. The summed E-state index contributed by atoms with van der Waals surface area (Å²) in [5, 5.41) is 17.2. The fourth-order valence-corrected chi connectivity index (χ4v) is 2.53. The summed E-state index contributed by atoms with van der Waals surface area (Å²) in [6, 6.07) is 2.99. The van der Waals surface area contributed by atoms with Crippen LogP contribution in [0.15, 0.2) is 22.9 Å². The number of halogens is 2. The summed E-state index contributed by atoms with van der Waals surface area (Å²) in [5.74, 6) is 0.136. The van der Waals surface area contributed by atoms with E-state index in [0.29, 0.717) is 23.0 Å². The molecule has 19 heavy (non-hydrogen) atoms. The van der Waals surface area contributed by atoms with Crippen LogP contribution in [-0.4, -0.2) is 31.7 Å². The number of hydrogen-bond donors (Lipinski definition) is 1. The van der Waals surface area contributed by atoms with Crippen molar-refractivity contribution in [2.45, 2.75) is 18.9 Å². The lowest BCUT2D eigenvalue weighted by molar-refractivity contribution is 0.273. The van der Waals surface area contributed by atoms with E-state index in [-0.39, 0.29) is 6.61 Å². The Morgan fingerprint density at radius 2 is 2.32 bits per heavy atom. The molecule has 2 aromatic heterocycles. The number of aliphatic hydroxyl groups excluding tert-OH is 1. The highest BCUT2D eigenvalue weighted by atomic mass is 79.9. The molecule has 1 aliphatic rings. The van der Waals surface area contributed by atoms with Crippen molar-refractivity contribution in [2.24, 2.45) is 5.92 Å². The summed E-state index contributed by atoms with van der Waals surface area (Å²) < 4.78 is 15.1. The van der Waals surface area contributed by atoms with E-state index in [0.717, 1.165) is 17.7 Å². The van der Waals surface area contributed by atoms with Gasteiger partial charge in [-0.25, -0.2) is 9.67 Å². The SMILES string of the molecule is OC[C@@H]1C[C@@H]1c1cn(Cc2ccc(F)nc2Br)nn1. The third kappa shape index (κ3) is 2.66. The molecule has 0 unspecified atom stereocenters. The highest BCUT2D eigenvalue weighted by molar-refractivity contribution is 9.10. The normalized spacial score (nSPS) is 21.6. The zero-order chi connectivity index (χ0) is 13.4. The van der Waals surface area contributed by atoms with E-state index in [1.54, 1.807) is 10.7 Å². The zero-order valence-electron chi connectivity index (χ0n) is 10.0. The zero-order valence-corrected chi connectivity index (χ0v) is 11.6. The van der Waals surface area contributed by atoms with E-state index >= 15 is 0 Å². The molecule has 0 bridgehead atoms. The molecule has 0 radical (unpaired) electrons. The van der Waals surface area contributed by atoms with E-state index in [4.69, 9.17) is 5.11 Å². The second-order valence-corrected chi connectivity index (χ2v) is 5.46. The summed E-state index contributed by atoms with van der Waals surface area (Å²) in [6.45, 7) is 0.683. The topological polar surface area (TPSA) is 63.8 Å². The number of rotatable bonds is 4. The van der Waals surface area contributed by atoms with Crippen LogP contribution in [0.2, 0.25) is 0 Å². The molecule has 1 N–H and O–H groups in total. The van der Waals surface area contributed by atoms with E-state index in [9.17, 15) is 4.39 Å². The fraction of sp³-hybridized carbons (Fsp3) is 0.417. The summed E-state index contributed by atoms with van der Waals surface area (Å²) in [6.07, 6.45) is 2.84. The van der Waals surface area contributed by atoms with Gasteiger partial charge in [0, 0.05) is 24.3 Å². The van der Waals surface area contributed by atoms with Crippen molar-refractivity contribution < 1.29 is 9.50 Å². The van der Waals surface area contributed by atoms with Crippen LogP contribution in [0.4, 0.5) is 4.39 Å². The van der Waals surface area contributed by atoms with Crippen molar-refractivity contribution in [1.82, 2.24) is 20.0 Å². The van der Waals surface area contributed by atoms with Crippen LogP contribution < -0.4 is 0 Å². The number of aliphatic hydroxyl groups is 1. The molecule has 0 amide bonds. The fourth-order valence-electron chi connectivity index (χ4n) is 2.11. The molecule has 7 heteroatoms. The standard InChI is InChI=1S/C12H12BrFN4O/c13-12-7(1-2-11(14)15-12)4-18-5-10(16-17-18)9-3-8(9)6-19/h1-2,5,8-9,19H,3-4,6H2/t8-,9-/m0/s1. The van der Waals surface area contributed by atoms with E-state index < -0.39 is 5.95 Å². The predicted octanol–water partition coefficient (Wildman–Crippen LogP) is 1.72. The van der Waals surface area contributed by atoms with Crippen LogP contribution in [0.25, 0.3) is 0 Å². The molecule has 0 saturated heterocycles. The molecule has 0 aromatic carbocycles. The maximum atomic E-state index is 12.9. The highest BCUT2D eigenvalue weighted by Crippen LogP contribution is 2.45. The first-order valence-electron chi connectivity index (χ1n) is 5.99. The Kier molecular flexibility index (Phi) is 3.32. The quantitative estimate of drug-likeness (QED) is 0.869. The van der Waals surface area contributed by atoms with Gasteiger partial charge in [-0.15, -0.1) is 5.10 Å². The summed E-state index contributed by atoms with van der Waals surface area (Å²) in [7, 11) is 0. The van der Waals surface area contributed by atoms with Crippen LogP contribution in [0.3, 0.4) is 0 Å². The first kappa shape index (κ1) is 12.7. The van der Waals surface area contributed by atoms with Crippen LogP contribution in [-0.2, 0) is 6.54 Å². The van der Waals surface area contributed by atoms with Gasteiger partial charge in [0.25, 0.3) is 0 Å². The van der Waals surface area contributed by atoms with Crippen LogP contribution in [0.5, 0.6) is 0 Å². The largest absolute Gasteiger partial charge is 0.396 e. The maximum absolute atomic E-state index is 12.9. The average molecular weight is 327 g/mol. The van der Waals surface area contributed by atoms with Gasteiger partial charge >= 0.3 is 0 Å². The predicted molar refractivity (Wildman–Crippen MR) is 69.0 cm³/mol. The second kappa shape index (κ2) is 4.97. The molecule has 2 atom stereocenters. The number of aromatic nitrogens is 4. The van der Waals surface area contributed by atoms with Crippen molar-refractivity contribution in [3.63, 3.8) is 0 Å². The minimum atomic E-state index is -0.515. The molecule has 1 aliphatic carbocycles. The second-order valence-electron chi connectivity index (χ2n) is 4.71. The van der Waals surface area contributed by atoms with Gasteiger partial charge in [0.2, 0.25) is 5.95 Å². The number of pyridine rings is 1. The monoisotopic (exact) mass is 326 g/mol.